The molecule has 0 spiro atoms. The lowest BCUT2D eigenvalue weighted by Gasteiger charge is -2.23. The molecule has 0 amide bonds. The Hall–Kier alpha value is -1.83. The Morgan fingerprint density at radius 3 is 2.22 bits per heavy atom. The molecule has 0 bridgehead atoms. The monoisotopic (exact) mass is 346 g/mol. The minimum atomic E-state index is -4.79. The first kappa shape index (κ1) is 17.5. The van der Waals surface area contributed by atoms with E-state index >= 15 is 0 Å². The number of aromatic nitrogens is 1. The summed E-state index contributed by atoms with van der Waals surface area (Å²) < 4.78 is 64.0. The first-order valence-electron chi connectivity index (χ1n) is 6.82. The van der Waals surface area contributed by atoms with Crippen molar-refractivity contribution < 1.29 is 21.6 Å². The average Bonchev–Trinajstić information content (AvgIpc) is 2.42. The second-order valence-corrected chi connectivity index (χ2v) is 8.76. The molecule has 23 heavy (non-hydrogen) atoms. The summed E-state index contributed by atoms with van der Waals surface area (Å²) in [6, 6.07) is 3.41. The molecule has 4 nitrogen and oxygen atoms in total. The van der Waals surface area contributed by atoms with E-state index in [1.54, 1.807) is 13.1 Å². The van der Waals surface area contributed by atoms with Gasteiger partial charge in [-0.2, -0.15) is 13.2 Å². The minimum absolute atomic E-state index is 0.0806. The lowest BCUT2D eigenvalue weighted by Crippen LogP contribution is -2.30. The van der Waals surface area contributed by atoms with E-state index in [0.717, 1.165) is 12.1 Å². The van der Waals surface area contributed by atoms with Gasteiger partial charge in [0.25, 0.3) is 0 Å². The van der Waals surface area contributed by atoms with Gasteiger partial charge in [-0.15, -0.1) is 0 Å². The summed E-state index contributed by atoms with van der Waals surface area (Å²) in [4.78, 5) is 3.19. The van der Waals surface area contributed by atoms with E-state index in [1.807, 2.05) is 0 Å². The van der Waals surface area contributed by atoms with Crippen LogP contribution < -0.4 is 5.32 Å². The number of nitrogens with one attached hydrogen (secondary N) is 1. The predicted molar refractivity (Wildman–Crippen MR) is 83.2 cm³/mol. The summed E-state index contributed by atoms with van der Waals surface area (Å²) in [6.07, 6.45) is -3.43. The van der Waals surface area contributed by atoms with Gasteiger partial charge in [0.05, 0.1) is 20.7 Å². The molecule has 2 aromatic rings. The highest BCUT2D eigenvalue weighted by atomic mass is 32.2. The van der Waals surface area contributed by atoms with Crippen molar-refractivity contribution >= 4 is 26.4 Å². The maximum absolute atomic E-state index is 13.4. The fraction of sp³-hybridized carbons (Fsp3) is 0.400. The van der Waals surface area contributed by atoms with Gasteiger partial charge in [0.2, 0.25) is 0 Å². The second-order valence-electron chi connectivity index (χ2n) is 6.09. The highest BCUT2D eigenvalue weighted by Gasteiger charge is 2.41. The molecule has 0 aliphatic heterocycles. The van der Waals surface area contributed by atoms with E-state index in [9.17, 15) is 21.6 Å². The molecule has 1 N–H and O–H groups in total. The molecule has 0 saturated carbocycles. The smallest absolute Gasteiger partial charge is 0.388 e. The van der Waals surface area contributed by atoms with Crippen molar-refractivity contribution in [3.05, 3.63) is 30.0 Å². The zero-order chi connectivity index (χ0) is 17.6. The number of anilines is 1. The van der Waals surface area contributed by atoms with Crippen molar-refractivity contribution in [2.45, 2.75) is 36.6 Å². The van der Waals surface area contributed by atoms with Gasteiger partial charge in [0.1, 0.15) is 0 Å². The molecule has 1 heterocycles. The van der Waals surface area contributed by atoms with Crippen LogP contribution in [-0.2, 0) is 16.0 Å². The van der Waals surface area contributed by atoms with Crippen molar-refractivity contribution in [1.29, 1.82) is 0 Å². The van der Waals surface area contributed by atoms with Crippen molar-refractivity contribution in [2.24, 2.45) is 0 Å². The van der Waals surface area contributed by atoms with Crippen molar-refractivity contribution in [2.75, 3.05) is 12.4 Å². The Bertz CT molecular complexity index is 853. The van der Waals surface area contributed by atoms with Gasteiger partial charge < -0.3 is 5.32 Å². The first-order valence-corrected chi connectivity index (χ1v) is 8.30. The zero-order valence-electron chi connectivity index (χ0n) is 13.1. The molecule has 0 aliphatic carbocycles. The molecule has 126 valence electrons. The van der Waals surface area contributed by atoms with E-state index in [4.69, 9.17) is 0 Å². The minimum Gasteiger partial charge on any atom is -0.388 e. The van der Waals surface area contributed by atoms with Crippen LogP contribution in [-0.4, -0.2) is 25.2 Å². The van der Waals surface area contributed by atoms with Crippen LogP contribution in [0.1, 0.15) is 26.3 Å². The Balaban J connectivity index is 2.96. The van der Waals surface area contributed by atoms with Crippen LogP contribution in [0.2, 0.25) is 0 Å². The van der Waals surface area contributed by atoms with Crippen molar-refractivity contribution in [3.8, 4) is 0 Å². The van der Waals surface area contributed by atoms with Gasteiger partial charge in [-0.25, -0.2) is 8.42 Å². The van der Waals surface area contributed by atoms with E-state index in [-0.39, 0.29) is 5.52 Å². The maximum Gasteiger partial charge on any atom is 0.417 e. The summed E-state index contributed by atoms with van der Waals surface area (Å²) in [6.45, 7) is 4.11. The summed E-state index contributed by atoms with van der Waals surface area (Å²) in [7, 11) is -2.58. The van der Waals surface area contributed by atoms with Crippen LogP contribution in [0, 0.1) is 0 Å². The molecule has 1 aromatic carbocycles. The molecule has 0 fully saturated rings. The van der Waals surface area contributed by atoms with Gasteiger partial charge in [-0.1, -0.05) is 0 Å². The van der Waals surface area contributed by atoms with Gasteiger partial charge in [-0.05, 0) is 39.0 Å². The lowest BCUT2D eigenvalue weighted by molar-refractivity contribution is -0.139. The standard InChI is InChI=1S/C15H17F3N2O2S/c1-14(2,3)23(21,22)13-7-9-11(19-4)5-6-20-12(9)8-10(13)15(16,17)18/h5-8H,1-4H3,(H,19,20). The van der Waals surface area contributed by atoms with Crippen LogP contribution >= 0.6 is 0 Å². The fourth-order valence-corrected chi connectivity index (χ4v) is 3.56. The lowest BCUT2D eigenvalue weighted by atomic mass is 10.1. The predicted octanol–water partition coefficient (Wildman–Crippen LogP) is 3.87. The number of pyridine rings is 1. The molecular weight excluding hydrogens is 329 g/mol. The summed E-state index contributed by atoms with van der Waals surface area (Å²) >= 11 is 0. The van der Waals surface area contributed by atoms with Gasteiger partial charge in [0.15, 0.2) is 9.84 Å². The molecule has 8 heteroatoms. The number of hydrogen-bond acceptors (Lipinski definition) is 4. The Morgan fingerprint density at radius 1 is 1.13 bits per heavy atom. The quantitative estimate of drug-likeness (QED) is 0.897. The Morgan fingerprint density at radius 2 is 1.74 bits per heavy atom. The van der Waals surface area contributed by atoms with Crippen LogP contribution in [0.4, 0.5) is 18.9 Å². The normalized spacial score (nSPS) is 13.3. The number of hydrogen-bond donors (Lipinski definition) is 1. The summed E-state index contributed by atoms with van der Waals surface area (Å²) in [5.41, 5.74) is -0.605. The molecule has 1 aromatic heterocycles. The van der Waals surface area contributed by atoms with E-state index in [0.29, 0.717) is 11.1 Å². The third-order valence-electron chi connectivity index (χ3n) is 3.51. The van der Waals surface area contributed by atoms with Gasteiger partial charge in [0, 0.05) is 24.3 Å². The third-order valence-corrected chi connectivity index (χ3v) is 6.04. The number of rotatable bonds is 2. The van der Waals surface area contributed by atoms with Crippen LogP contribution in [0.15, 0.2) is 29.3 Å². The summed E-state index contributed by atoms with van der Waals surface area (Å²) in [5.74, 6) is 0. The van der Waals surface area contributed by atoms with Gasteiger partial charge in [-0.3, -0.25) is 4.98 Å². The van der Waals surface area contributed by atoms with Crippen molar-refractivity contribution in [3.63, 3.8) is 0 Å². The average molecular weight is 346 g/mol. The topological polar surface area (TPSA) is 59.1 Å². The number of nitrogens with zero attached hydrogens (tertiary/aromatic N) is 1. The zero-order valence-corrected chi connectivity index (χ0v) is 13.9. The van der Waals surface area contributed by atoms with Crippen LogP contribution in [0.3, 0.4) is 0 Å². The molecule has 0 unspecified atom stereocenters. The molecule has 0 aliphatic rings. The highest BCUT2D eigenvalue weighted by molar-refractivity contribution is 7.92. The van der Waals surface area contributed by atoms with Crippen LogP contribution in [0.5, 0.6) is 0 Å². The first-order chi connectivity index (χ1) is 10.4. The highest BCUT2D eigenvalue weighted by Crippen LogP contribution is 2.40. The molecule has 0 radical (unpaired) electrons. The molecule has 2 rings (SSSR count). The summed E-state index contributed by atoms with van der Waals surface area (Å²) in [5, 5.41) is 3.15. The SMILES string of the molecule is CNc1ccnc2cc(C(F)(F)F)c(S(=O)(=O)C(C)(C)C)cc12. The molecule has 0 saturated heterocycles. The molecular formula is C15H17F3N2O2S. The number of fused-ring (bicyclic) bond motifs is 1. The van der Waals surface area contributed by atoms with Crippen molar-refractivity contribution in [1.82, 2.24) is 4.98 Å². The van der Waals surface area contributed by atoms with E-state index < -0.39 is 31.2 Å². The third kappa shape index (κ3) is 2.99. The molecule has 0 atom stereocenters. The largest absolute Gasteiger partial charge is 0.417 e. The van der Waals surface area contributed by atoms with E-state index in [1.165, 1.54) is 27.0 Å². The van der Waals surface area contributed by atoms with Crippen LogP contribution in [0.25, 0.3) is 10.9 Å². The number of sulfone groups is 1. The number of alkyl halides is 3. The Labute approximate surface area is 132 Å². The van der Waals surface area contributed by atoms with Gasteiger partial charge >= 0.3 is 6.18 Å². The second kappa shape index (κ2) is 5.36. The fourth-order valence-electron chi connectivity index (χ4n) is 2.16. The number of benzene rings is 1. The van der Waals surface area contributed by atoms with E-state index in [2.05, 4.69) is 10.3 Å². The number of halogens is 3. The maximum atomic E-state index is 13.4. The Kier molecular flexibility index (Phi) is 4.09.